The van der Waals surface area contributed by atoms with E-state index in [1.54, 1.807) is 0 Å². The number of hydrogen-bond acceptors (Lipinski definition) is 3. The fraction of sp³-hybridized carbons (Fsp3) is 1.00. The number of likely N-dealkylation sites (tertiary alicyclic amines) is 1. The normalized spacial score (nSPS) is 34.1. The molecule has 94 valence electrons. The summed E-state index contributed by atoms with van der Waals surface area (Å²) in [5.41, 5.74) is 0. The lowest BCUT2D eigenvalue weighted by Gasteiger charge is -2.36. The van der Waals surface area contributed by atoms with Crippen LogP contribution in [0.5, 0.6) is 0 Å². The van der Waals surface area contributed by atoms with Crippen LogP contribution in [0.2, 0.25) is 0 Å². The van der Waals surface area contributed by atoms with Crippen molar-refractivity contribution in [2.24, 2.45) is 0 Å². The first-order valence-corrected chi connectivity index (χ1v) is 6.91. The van der Waals surface area contributed by atoms with Crippen LogP contribution in [0.3, 0.4) is 0 Å². The first-order valence-electron chi connectivity index (χ1n) is 6.91. The van der Waals surface area contributed by atoms with Crippen LogP contribution < -0.4 is 5.32 Å². The highest BCUT2D eigenvalue weighted by Crippen LogP contribution is 2.18. The molecule has 0 bridgehead atoms. The lowest BCUT2D eigenvalue weighted by molar-refractivity contribution is 0.140. The number of piperidine rings is 1. The fourth-order valence-electron chi connectivity index (χ4n) is 3.06. The van der Waals surface area contributed by atoms with Crippen LogP contribution in [-0.2, 0) is 0 Å². The van der Waals surface area contributed by atoms with E-state index in [0.717, 1.165) is 6.04 Å². The first kappa shape index (κ1) is 12.3. The SMILES string of the molecule is C[C@@H]1CN(CCC2CCCCN2C)CCN1. The number of rotatable bonds is 3. The van der Waals surface area contributed by atoms with E-state index in [1.807, 2.05) is 0 Å². The Hall–Kier alpha value is -0.120. The van der Waals surface area contributed by atoms with Crippen LogP contribution >= 0.6 is 0 Å². The quantitative estimate of drug-likeness (QED) is 0.777. The molecule has 16 heavy (non-hydrogen) atoms. The molecule has 1 N–H and O–H groups in total. The Morgan fingerprint density at radius 2 is 2.12 bits per heavy atom. The van der Waals surface area contributed by atoms with Crippen LogP contribution in [0.1, 0.15) is 32.6 Å². The Kier molecular flexibility index (Phi) is 4.62. The number of piperazine rings is 1. The van der Waals surface area contributed by atoms with Gasteiger partial charge < -0.3 is 15.1 Å². The fourth-order valence-corrected chi connectivity index (χ4v) is 3.06. The maximum absolute atomic E-state index is 3.51. The maximum Gasteiger partial charge on any atom is 0.0167 e. The van der Waals surface area contributed by atoms with Gasteiger partial charge in [-0.25, -0.2) is 0 Å². The second kappa shape index (κ2) is 5.99. The third kappa shape index (κ3) is 3.44. The van der Waals surface area contributed by atoms with Gasteiger partial charge in [-0.15, -0.1) is 0 Å². The first-order chi connectivity index (χ1) is 7.75. The Morgan fingerprint density at radius 1 is 1.25 bits per heavy atom. The lowest BCUT2D eigenvalue weighted by Crippen LogP contribution is -2.50. The summed E-state index contributed by atoms with van der Waals surface area (Å²) in [4.78, 5) is 5.19. The van der Waals surface area contributed by atoms with Crippen molar-refractivity contribution in [2.75, 3.05) is 39.8 Å². The molecule has 1 unspecified atom stereocenters. The highest BCUT2D eigenvalue weighted by molar-refractivity contribution is 4.79. The summed E-state index contributed by atoms with van der Waals surface area (Å²) in [7, 11) is 2.30. The average Bonchev–Trinajstić information content (AvgIpc) is 2.28. The van der Waals surface area contributed by atoms with E-state index < -0.39 is 0 Å². The zero-order chi connectivity index (χ0) is 11.4. The van der Waals surface area contributed by atoms with E-state index in [4.69, 9.17) is 0 Å². The number of nitrogens with one attached hydrogen (secondary N) is 1. The van der Waals surface area contributed by atoms with Gasteiger partial charge in [-0.3, -0.25) is 0 Å². The Balaban J connectivity index is 1.69. The Morgan fingerprint density at radius 3 is 2.88 bits per heavy atom. The van der Waals surface area contributed by atoms with E-state index in [2.05, 4.69) is 29.1 Å². The van der Waals surface area contributed by atoms with Gasteiger partial charge in [0.05, 0.1) is 0 Å². The van der Waals surface area contributed by atoms with Crippen molar-refractivity contribution < 1.29 is 0 Å². The van der Waals surface area contributed by atoms with Gasteiger partial charge >= 0.3 is 0 Å². The summed E-state index contributed by atoms with van der Waals surface area (Å²) >= 11 is 0. The molecule has 0 aromatic heterocycles. The van der Waals surface area contributed by atoms with Gasteiger partial charge in [0.15, 0.2) is 0 Å². The standard InChI is InChI=1S/C13H27N3/c1-12-11-16(10-7-14-12)9-6-13-5-3-4-8-15(13)2/h12-14H,3-11H2,1-2H3/t12-,13?/m1/s1. The topological polar surface area (TPSA) is 18.5 Å². The van der Waals surface area contributed by atoms with Crippen LogP contribution in [0, 0.1) is 0 Å². The monoisotopic (exact) mass is 225 g/mol. The number of hydrogen-bond donors (Lipinski definition) is 1. The highest BCUT2D eigenvalue weighted by Gasteiger charge is 2.21. The Labute approximate surface area is 100 Å². The van der Waals surface area contributed by atoms with E-state index >= 15 is 0 Å². The number of nitrogens with zero attached hydrogens (tertiary/aromatic N) is 2. The predicted octanol–water partition coefficient (Wildman–Crippen LogP) is 1.15. The van der Waals surface area contributed by atoms with Gasteiger partial charge in [0.2, 0.25) is 0 Å². The zero-order valence-corrected chi connectivity index (χ0v) is 10.9. The average molecular weight is 225 g/mol. The van der Waals surface area contributed by atoms with E-state index in [9.17, 15) is 0 Å². The minimum Gasteiger partial charge on any atom is -0.312 e. The van der Waals surface area contributed by atoms with Crippen LogP contribution in [-0.4, -0.2) is 61.7 Å². The van der Waals surface area contributed by atoms with Crippen molar-refractivity contribution in [2.45, 2.75) is 44.7 Å². The van der Waals surface area contributed by atoms with Gasteiger partial charge in [-0.2, -0.15) is 0 Å². The van der Waals surface area contributed by atoms with Crippen molar-refractivity contribution in [1.29, 1.82) is 0 Å². The molecule has 3 heteroatoms. The Bertz CT molecular complexity index is 207. The van der Waals surface area contributed by atoms with Crippen molar-refractivity contribution in [1.82, 2.24) is 15.1 Å². The molecule has 0 aromatic rings. The molecule has 2 aliphatic rings. The van der Waals surface area contributed by atoms with Crippen LogP contribution in [0.25, 0.3) is 0 Å². The minimum atomic E-state index is 0.679. The van der Waals surface area contributed by atoms with Crippen LogP contribution in [0.15, 0.2) is 0 Å². The molecule has 2 aliphatic heterocycles. The van der Waals surface area contributed by atoms with Crippen molar-refractivity contribution >= 4 is 0 Å². The molecule has 2 atom stereocenters. The molecular formula is C13H27N3. The van der Waals surface area contributed by atoms with Crippen molar-refractivity contribution in [3.63, 3.8) is 0 Å². The molecule has 0 aromatic carbocycles. The summed E-state index contributed by atoms with van der Waals surface area (Å²) in [6.07, 6.45) is 5.62. The minimum absolute atomic E-state index is 0.679. The van der Waals surface area contributed by atoms with E-state index in [0.29, 0.717) is 6.04 Å². The van der Waals surface area contributed by atoms with Crippen molar-refractivity contribution in [3.8, 4) is 0 Å². The molecule has 3 nitrogen and oxygen atoms in total. The zero-order valence-electron chi connectivity index (χ0n) is 10.9. The maximum atomic E-state index is 3.51. The highest BCUT2D eigenvalue weighted by atomic mass is 15.2. The van der Waals surface area contributed by atoms with Crippen LogP contribution in [0.4, 0.5) is 0 Å². The van der Waals surface area contributed by atoms with Gasteiger partial charge in [-0.1, -0.05) is 6.42 Å². The van der Waals surface area contributed by atoms with Gasteiger partial charge in [0.1, 0.15) is 0 Å². The molecule has 2 heterocycles. The summed E-state index contributed by atoms with van der Waals surface area (Å²) in [6, 6.07) is 1.52. The summed E-state index contributed by atoms with van der Waals surface area (Å²) in [5.74, 6) is 0. The lowest BCUT2D eigenvalue weighted by atomic mass is 10.00. The largest absolute Gasteiger partial charge is 0.312 e. The molecule has 2 saturated heterocycles. The van der Waals surface area contributed by atoms with Gasteiger partial charge in [-0.05, 0) is 46.3 Å². The molecule has 0 radical (unpaired) electrons. The van der Waals surface area contributed by atoms with Crippen molar-refractivity contribution in [3.05, 3.63) is 0 Å². The molecule has 0 saturated carbocycles. The van der Waals surface area contributed by atoms with E-state index in [-0.39, 0.29) is 0 Å². The van der Waals surface area contributed by atoms with Gasteiger partial charge in [0.25, 0.3) is 0 Å². The summed E-state index contributed by atoms with van der Waals surface area (Å²) in [6.45, 7) is 8.53. The third-order valence-corrected chi connectivity index (χ3v) is 4.15. The second-order valence-electron chi connectivity index (χ2n) is 5.57. The molecule has 0 aliphatic carbocycles. The predicted molar refractivity (Wildman–Crippen MR) is 68.8 cm³/mol. The third-order valence-electron chi connectivity index (χ3n) is 4.15. The second-order valence-corrected chi connectivity index (χ2v) is 5.57. The smallest absolute Gasteiger partial charge is 0.0167 e. The summed E-state index contributed by atoms with van der Waals surface area (Å²) in [5, 5.41) is 3.51. The molecule has 2 rings (SSSR count). The van der Waals surface area contributed by atoms with E-state index in [1.165, 1.54) is 58.4 Å². The van der Waals surface area contributed by atoms with Gasteiger partial charge in [0, 0.05) is 31.7 Å². The molecule has 0 spiro atoms. The summed E-state index contributed by atoms with van der Waals surface area (Å²) < 4.78 is 0. The molecule has 0 amide bonds. The molecular weight excluding hydrogens is 198 g/mol. The molecule has 2 fully saturated rings.